The molecule has 43 heavy (non-hydrogen) atoms. The molecule has 0 aromatic heterocycles. The Hall–Kier alpha value is -1.80. The van der Waals surface area contributed by atoms with Crippen LogP contribution in [0.3, 0.4) is 0 Å². The van der Waals surface area contributed by atoms with Gasteiger partial charge in [0.15, 0.2) is 0 Å². The Morgan fingerprint density at radius 3 is 1.86 bits per heavy atom. The third-order valence-corrected chi connectivity index (χ3v) is 7.18. The van der Waals surface area contributed by atoms with Crippen molar-refractivity contribution in [2.45, 2.75) is 116 Å². The fourth-order valence-electron chi connectivity index (χ4n) is 3.82. The lowest BCUT2D eigenvalue weighted by molar-refractivity contribution is -0.154. The lowest BCUT2D eigenvalue weighted by atomic mass is 10.1. The average Bonchev–Trinajstić information content (AvgIpc) is 2.99. The van der Waals surface area contributed by atoms with Gasteiger partial charge in [0.05, 0.1) is 19.8 Å². The summed E-state index contributed by atoms with van der Waals surface area (Å²) in [7, 11) is -4.25. The molecule has 0 aliphatic carbocycles. The van der Waals surface area contributed by atoms with Crippen molar-refractivity contribution in [3.63, 3.8) is 0 Å². The van der Waals surface area contributed by atoms with Crippen LogP contribution in [-0.2, 0) is 27.9 Å². The first-order valence-corrected chi connectivity index (χ1v) is 17.8. The van der Waals surface area contributed by atoms with Crippen LogP contribution in [0.5, 0.6) is 0 Å². The predicted octanol–water partition coefficient (Wildman–Crippen LogP) is 8.68. The predicted molar refractivity (Wildman–Crippen MR) is 178 cm³/mol. The first kappa shape index (κ1) is 41.2. The first-order chi connectivity index (χ1) is 20.9. The number of phosphoric acid groups is 1. The number of rotatable bonds is 30. The molecule has 8 nitrogen and oxygen atoms in total. The van der Waals surface area contributed by atoms with Crippen LogP contribution in [0.2, 0.25) is 0 Å². The van der Waals surface area contributed by atoms with Gasteiger partial charge in [-0.05, 0) is 57.8 Å². The molecule has 3 N–H and O–H groups in total. The van der Waals surface area contributed by atoms with E-state index in [4.69, 9.17) is 24.3 Å². The molecule has 0 aromatic rings. The van der Waals surface area contributed by atoms with Gasteiger partial charge in [-0.3, -0.25) is 13.8 Å². The molecule has 248 valence electrons. The van der Waals surface area contributed by atoms with Crippen LogP contribution in [0.4, 0.5) is 0 Å². The van der Waals surface area contributed by atoms with Gasteiger partial charge in [-0.2, -0.15) is 0 Å². The van der Waals surface area contributed by atoms with Crippen molar-refractivity contribution in [1.82, 2.24) is 0 Å². The van der Waals surface area contributed by atoms with E-state index in [2.05, 4.69) is 67.7 Å². The molecule has 0 heterocycles. The molecule has 9 heteroatoms. The molecule has 0 saturated heterocycles. The third-order valence-electron chi connectivity index (χ3n) is 6.20. The van der Waals surface area contributed by atoms with E-state index >= 15 is 0 Å². The second-order valence-corrected chi connectivity index (χ2v) is 11.7. The van der Waals surface area contributed by atoms with E-state index in [0.717, 1.165) is 64.2 Å². The van der Waals surface area contributed by atoms with Crippen molar-refractivity contribution in [3.05, 3.63) is 60.8 Å². The van der Waals surface area contributed by atoms with Crippen LogP contribution in [0.1, 0.15) is 110 Å². The number of hydrogen-bond acceptors (Lipinski definition) is 7. The van der Waals surface area contributed by atoms with Gasteiger partial charge in [0.1, 0.15) is 6.10 Å². The van der Waals surface area contributed by atoms with Gasteiger partial charge in [-0.1, -0.05) is 107 Å². The molecule has 0 radical (unpaired) electrons. The Morgan fingerprint density at radius 1 is 0.721 bits per heavy atom. The second-order valence-electron chi connectivity index (χ2n) is 10.3. The maximum Gasteiger partial charge on any atom is 0.472 e. The molecule has 0 aliphatic heterocycles. The van der Waals surface area contributed by atoms with E-state index in [1.54, 1.807) is 0 Å². The third kappa shape index (κ3) is 31.4. The smallest absolute Gasteiger partial charge is 0.457 e. The number of carbonyl (C=O) groups is 1. The second kappa shape index (κ2) is 31.6. The SMILES string of the molecule is CC/C=C\C/C=C\C/C=C\C/C=C\C/C=C\CCCCCCCCOCC(COP(=O)(O)OCCN)OC(=O)CCCC. The van der Waals surface area contributed by atoms with Gasteiger partial charge in [0.25, 0.3) is 0 Å². The molecule has 0 rings (SSSR count). The van der Waals surface area contributed by atoms with Crippen molar-refractivity contribution >= 4 is 13.8 Å². The van der Waals surface area contributed by atoms with E-state index < -0.39 is 13.9 Å². The van der Waals surface area contributed by atoms with E-state index in [1.165, 1.54) is 19.3 Å². The van der Waals surface area contributed by atoms with E-state index in [0.29, 0.717) is 13.0 Å². The van der Waals surface area contributed by atoms with Crippen molar-refractivity contribution in [2.24, 2.45) is 5.73 Å². The number of ether oxygens (including phenoxy) is 2. The van der Waals surface area contributed by atoms with Crippen molar-refractivity contribution in [1.29, 1.82) is 0 Å². The van der Waals surface area contributed by atoms with Gasteiger partial charge in [0.2, 0.25) is 0 Å². The van der Waals surface area contributed by atoms with Crippen molar-refractivity contribution in [2.75, 3.05) is 33.0 Å². The number of hydrogen-bond donors (Lipinski definition) is 2. The van der Waals surface area contributed by atoms with Crippen molar-refractivity contribution < 1.29 is 32.8 Å². The highest BCUT2D eigenvalue weighted by Gasteiger charge is 2.25. The Balaban J connectivity index is 3.86. The van der Waals surface area contributed by atoms with Gasteiger partial charge in [-0.15, -0.1) is 0 Å². The fraction of sp³-hybridized carbons (Fsp3) is 0.676. The average molecular weight is 626 g/mol. The summed E-state index contributed by atoms with van der Waals surface area (Å²) in [6, 6.07) is 0. The summed E-state index contributed by atoms with van der Waals surface area (Å²) in [5.41, 5.74) is 5.29. The maximum absolute atomic E-state index is 12.0. The van der Waals surface area contributed by atoms with E-state index in [-0.39, 0.29) is 38.8 Å². The van der Waals surface area contributed by atoms with Gasteiger partial charge in [0, 0.05) is 19.6 Å². The quantitative estimate of drug-likeness (QED) is 0.0352. The van der Waals surface area contributed by atoms with Gasteiger partial charge < -0.3 is 20.1 Å². The maximum atomic E-state index is 12.0. The van der Waals surface area contributed by atoms with Crippen LogP contribution in [0, 0.1) is 0 Å². The first-order valence-electron chi connectivity index (χ1n) is 16.3. The van der Waals surface area contributed by atoms with Crippen LogP contribution < -0.4 is 5.73 Å². The molecule has 0 spiro atoms. The fourth-order valence-corrected chi connectivity index (χ4v) is 4.59. The Labute approximate surface area is 262 Å². The molecule has 0 aliphatic rings. The highest BCUT2D eigenvalue weighted by atomic mass is 31.2. The number of phosphoric ester groups is 1. The summed E-state index contributed by atoms with van der Waals surface area (Å²) in [6.07, 6.45) is 36.3. The highest BCUT2D eigenvalue weighted by Crippen LogP contribution is 2.43. The van der Waals surface area contributed by atoms with E-state index in [1.807, 2.05) is 6.92 Å². The minimum Gasteiger partial charge on any atom is -0.457 e. The van der Waals surface area contributed by atoms with Crippen molar-refractivity contribution in [3.8, 4) is 0 Å². The molecular weight excluding hydrogens is 565 g/mol. The van der Waals surface area contributed by atoms with Gasteiger partial charge in [-0.25, -0.2) is 4.57 Å². The summed E-state index contributed by atoms with van der Waals surface area (Å²) < 4.78 is 32.6. The number of allylic oxidation sites excluding steroid dienone is 10. The van der Waals surface area contributed by atoms with Crippen LogP contribution >= 0.6 is 7.82 Å². The number of nitrogens with two attached hydrogens (primary N) is 1. The Kier molecular flexibility index (Phi) is 30.3. The molecular formula is C34H60NO7P. The molecule has 0 bridgehead atoms. The molecule has 0 fully saturated rings. The highest BCUT2D eigenvalue weighted by molar-refractivity contribution is 7.47. The summed E-state index contributed by atoms with van der Waals surface area (Å²) in [6.45, 7) is 4.48. The zero-order valence-corrected chi connectivity index (χ0v) is 27.8. The van der Waals surface area contributed by atoms with Crippen LogP contribution in [-0.4, -0.2) is 49.9 Å². The normalized spacial score (nSPS) is 14.6. The summed E-state index contributed by atoms with van der Waals surface area (Å²) in [4.78, 5) is 21.7. The van der Waals surface area contributed by atoms with Gasteiger partial charge >= 0.3 is 13.8 Å². The summed E-state index contributed by atoms with van der Waals surface area (Å²) in [5, 5.41) is 0. The minimum atomic E-state index is -4.25. The Morgan fingerprint density at radius 2 is 1.28 bits per heavy atom. The molecule has 2 unspecified atom stereocenters. The molecule has 2 atom stereocenters. The Bertz CT molecular complexity index is 839. The standard InChI is InChI=1S/C34H60NO7P/c1-3-5-7-8-9-10-11-12-13-14-15-16-17-18-19-20-21-22-23-24-25-26-29-39-31-33(42-34(36)27-6-4-2)32-41-43(37,38)40-30-28-35/h5,7,9-10,12-13,15-16,18-19,33H,3-4,6,8,11,14,17,20-32,35H2,1-2H3,(H,37,38)/b7-5-,10-9-,13-12-,16-15-,19-18-. The van der Waals surface area contributed by atoms with E-state index in [9.17, 15) is 14.3 Å². The molecule has 0 amide bonds. The zero-order valence-electron chi connectivity index (χ0n) is 26.9. The number of esters is 1. The zero-order chi connectivity index (χ0) is 31.7. The summed E-state index contributed by atoms with van der Waals surface area (Å²) in [5.74, 6) is -0.376. The lowest BCUT2D eigenvalue weighted by Gasteiger charge is -2.20. The number of carbonyl (C=O) groups excluding carboxylic acids is 1. The monoisotopic (exact) mass is 625 g/mol. The summed E-state index contributed by atoms with van der Waals surface area (Å²) >= 11 is 0. The minimum absolute atomic E-state index is 0.0940. The van der Waals surface area contributed by atoms with Crippen LogP contribution in [0.15, 0.2) is 60.8 Å². The lowest BCUT2D eigenvalue weighted by Crippen LogP contribution is -2.28. The largest absolute Gasteiger partial charge is 0.472 e. The molecule has 0 saturated carbocycles. The van der Waals surface area contributed by atoms with Crippen LogP contribution in [0.25, 0.3) is 0 Å². The number of unbranched alkanes of at least 4 members (excludes halogenated alkanes) is 7. The molecule has 0 aromatic carbocycles. The topological polar surface area (TPSA) is 117 Å².